The zero-order valence-corrected chi connectivity index (χ0v) is 12.0. The van der Waals surface area contributed by atoms with Crippen LogP contribution in [0.2, 0.25) is 0 Å². The van der Waals surface area contributed by atoms with Crippen LogP contribution in [0.1, 0.15) is 0 Å². The van der Waals surface area contributed by atoms with Gasteiger partial charge in [-0.1, -0.05) is 48.5 Å². The maximum atomic E-state index is 3.87. The van der Waals surface area contributed by atoms with Gasteiger partial charge in [0.05, 0.1) is 0 Å². The normalized spacial score (nSPS) is 9.68. The van der Waals surface area contributed by atoms with Crippen molar-refractivity contribution in [1.29, 1.82) is 0 Å². The maximum absolute atomic E-state index is 3.87. The van der Waals surface area contributed by atoms with Crippen LogP contribution in [0.4, 0.5) is 0 Å². The fourth-order valence-corrected chi connectivity index (χ4v) is 1.68. The predicted octanol–water partition coefficient (Wildman–Crippen LogP) is 2.38. The van der Waals surface area contributed by atoms with Crippen molar-refractivity contribution in [2.24, 2.45) is 0 Å². The number of hydrogen-bond donors (Lipinski definition) is 0. The Kier molecular flexibility index (Phi) is 4.52. The third-order valence-corrected chi connectivity index (χ3v) is 2.60. The zero-order chi connectivity index (χ0) is 12.2. The summed E-state index contributed by atoms with van der Waals surface area (Å²) in [6, 6.07) is 15.8. The molecule has 0 aliphatic heterocycles. The van der Waals surface area contributed by atoms with E-state index < -0.39 is 0 Å². The largest absolute Gasteiger partial charge is 3.00 e. The first kappa shape index (κ1) is 13.5. The molecule has 0 unspecified atom stereocenters. The smallest absolute Gasteiger partial charge is 0.575 e. The van der Waals surface area contributed by atoms with Crippen molar-refractivity contribution >= 4 is 21.8 Å². The molecule has 0 aliphatic rings. The Morgan fingerprint density at radius 2 is 1.05 bits per heavy atom. The first-order chi connectivity index (χ1) is 8.93. The molecule has 0 N–H and O–H groups in total. The molecule has 2 heterocycles. The summed E-state index contributed by atoms with van der Waals surface area (Å²) in [6.07, 6.45) is 3.52. The third kappa shape index (κ3) is 3.12. The van der Waals surface area contributed by atoms with Crippen LogP contribution in [0.15, 0.2) is 60.9 Å². The first-order valence-electron chi connectivity index (χ1n) is 5.60. The SMILES string of the molecule is [Au+3].c1ccc2[n-]ncc2c1.c1ccc2[n-]ncc2c1. The van der Waals surface area contributed by atoms with Crippen molar-refractivity contribution in [3.8, 4) is 0 Å². The fourth-order valence-electron chi connectivity index (χ4n) is 1.68. The molecule has 0 amide bonds. The average molecular weight is 431 g/mol. The van der Waals surface area contributed by atoms with E-state index in [-0.39, 0.29) is 22.4 Å². The van der Waals surface area contributed by atoms with Gasteiger partial charge in [0, 0.05) is 12.4 Å². The number of benzene rings is 2. The van der Waals surface area contributed by atoms with Gasteiger partial charge in [0.15, 0.2) is 0 Å². The zero-order valence-electron chi connectivity index (χ0n) is 9.86. The number of hydrogen-bond acceptors (Lipinski definition) is 2. The second kappa shape index (κ2) is 6.33. The second-order valence-electron chi connectivity index (χ2n) is 3.81. The van der Waals surface area contributed by atoms with Gasteiger partial charge >= 0.3 is 22.4 Å². The Hall–Kier alpha value is -1.88. The Bertz CT molecular complexity index is 633. The maximum Gasteiger partial charge on any atom is 3.00 e. The molecule has 0 saturated carbocycles. The molecule has 0 saturated heterocycles. The van der Waals surface area contributed by atoms with Crippen molar-refractivity contribution in [2.75, 3.05) is 0 Å². The summed E-state index contributed by atoms with van der Waals surface area (Å²) < 4.78 is 0. The molecule has 2 aromatic heterocycles. The molecule has 2 aromatic carbocycles. The monoisotopic (exact) mass is 431 g/mol. The number of fused-ring (bicyclic) bond motifs is 2. The molecule has 0 atom stereocenters. The average Bonchev–Trinajstić information content (AvgIpc) is 3.08. The summed E-state index contributed by atoms with van der Waals surface area (Å²) >= 11 is 0. The van der Waals surface area contributed by atoms with Crippen molar-refractivity contribution in [3.63, 3.8) is 0 Å². The van der Waals surface area contributed by atoms with Crippen molar-refractivity contribution in [1.82, 2.24) is 20.4 Å². The van der Waals surface area contributed by atoms with E-state index in [1.54, 1.807) is 12.4 Å². The molecule has 19 heavy (non-hydrogen) atoms. The molecule has 0 aliphatic carbocycles. The van der Waals surface area contributed by atoms with Crippen LogP contribution < -0.4 is 10.2 Å². The van der Waals surface area contributed by atoms with Gasteiger partial charge in [0.1, 0.15) is 0 Å². The first-order valence-corrected chi connectivity index (χ1v) is 5.60. The molecule has 0 bridgehead atoms. The molecular weight excluding hydrogens is 421 g/mol. The number of nitrogens with zero attached hydrogens (tertiary/aromatic N) is 4. The summed E-state index contributed by atoms with van der Waals surface area (Å²) in [5.41, 5.74) is 1.94. The van der Waals surface area contributed by atoms with Crippen LogP contribution in [-0.2, 0) is 22.4 Å². The van der Waals surface area contributed by atoms with Crippen molar-refractivity contribution in [3.05, 3.63) is 60.9 Å². The molecule has 4 aromatic rings. The standard InChI is InChI=1S/2C7H5N2.Au/c2*1-2-4-7-6(3-1)5-8-9-7;/h2*1-5H;/q2*-1;+3. The van der Waals surface area contributed by atoms with Gasteiger partial charge in [-0.2, -0.15) is 0 Å². The number of aromatic nitrogens is 4. The summed E-state index contributed by atoms with van der Waals surface area (Å²) in [6.45, 7) is 0. The number of rotatable bonds is 0. The quantitative estimate of drug-likeness (QED) is 0.402. The van der Waals surface area contributed by atoms with E-state index in [2.05, 4.69) is 20.4 Å². The van der Waals surface area contributed by atoms with E-state index in [0.717, 1.165) is 21.8 Å². The Labute approximate surface area is 125 Å². The van der Waals surface area contributed by atoms with Gasteiger partial charge in [0.2, 0.25) is 0 Å². The van der Waals surface area contributed by atoms with Crippen LogP contribution in [0.3, 0.4) is 0 Å². The van der Waals surface area contributed by atoms with Crippen molar-refractivity contribution in [2.45, 2.75) is 0 Å². The van der Waals surface area contributed by atoms with Crippen LogP contribution in [0, 0.1) is 0 Å². The van der Waals surface area contributed by atoms with Gasteiger partial charge in [0.25, 0.3) is 0 Å². The molecule has 96 valence electrons. The molecule has 0 spiro atoms. The van der Waals surface area contributed by atoms with E-state index in [0.29, 0.717) is 0 Å². The van der Waals surface area contributed by atoms with Gasteiger partial charge in [-0.25, -0.2) is 0 Å². The van der Waals surface area contributed by atoms with Crippen LogP contribution in [0.25, 0.3) is 21.8 Å². The molecule has 4 nitrogen and oxygen atoms in total. The van der Waals surface area contributed by atoms with E-state index in [9.17, 15) is 0 Å². The molecule has 5 heteroatoms. The van der Waals surface area contributed by atoms with Gasteiger partial charge in [-0.3, -0.25) is 0 Å². The molecule has 0 radical (unpaired) electrons. The predicted molar refractivity (Wildman–Crippen MR) is 70.1 cm³/mol. The van der Waals surface area contributed by atoms with E-state index in [4.69, 9.17) is 0 Å². The molecule has 0 fully saturated rings. The Balaban J connectivity index is 0.000000133. The van der Waals surface area contributed by atoms with E-state index >= 15 is 0 Å². The minimum Gasteiger partial charge on any atom is -0.575 e. The fraction of sp³-hybridized carbons (Fsp3) is 0. The van der Waals surface area contributed by atoms with E-state index in [1.807, 2.05) is 48.5 Å². The summed E-state index contributed by atoms with van der Waals surface area (Å²) in [7, 11) is 0. The van der Waals surface area contributed by atoms with Crippen LogP contribution >= 0.6 is 0 Å². The van der Waals surface area contributed by atoms with Crippen LogP contribution in [0.5, 0.6) is 0 Å². The summed E-state index contributed by atoms with van der Waals surface area (Å²) in [4.78, 5) is 0. The summed E-state index contributed by atoms with van der Waals surface area (Å²) in [5.74, 6) is 0. The molecule has 4 rings (SSSR count). The second-order valence-corrected chi connectivity index (χ2v) is 3.81. The van der Waals surface area contributed by atoms with Gasteiger partial charge in [-0.05, 0) is 10.8 Å². The minimum absolute atomic E-state index is 0. The topological polar surface area (TPSA) is 54.0 Å². The third-order valence-electron chi connectivity index (χ3n) is 2.60. The van der Waals surface area contributed by atoms with E-state index in [1.165, 1.54) is 0 Å². The summed E-state index contributed by atoms with van der Waals surface area (Å²) in [5, 5.41) is 17.5. The van der Waals surface area contributed by atoms with Crippen LogP contribution in [-0.4, -0.2) is 10.2 Å². The Morgan fingerprint density at radius 1 is 0.632 bits per heavy atom. The molecular formula is C14H10AuN4+. The van der Waals surface area contributed by atoms with Crippen molar-refractivity contribution < 1.29 is 22.4 Å². The van der Waals surface area contributed by atoms with Gasteiger partial charge in [-0.15, -0.1) is 11.0 Å². The Morgan fingerprint density at radius 3 is 1.47 bits per heavy atom. The van der Waals surface area contributed by atoms with Gasteiger partial charge < -0.3 is 20.4 Å². The minimum atomic E-state index is 0.